The molecule has 0 radical (unpaired) electrons. The zero-order chi connectivity index (χ0) is 22.2. The number of carbonyl (C=O) groups excluding carboxylic acids is 1. The predicted octanol–water partition coefficient (Wildman–Crippen LogP) is 3.82. The van der Waals surface area contributed by atoms with Gasteiger partial charge in [-0.1, -0.05) is 49.4 Å². The van der Waals surface area contributed by atoms with Gasteiger partial charge in [-0.05, 0) is 38.0 Å². The van der Waals surface area contributed by atoms with Gasteiger partial charge in [0.1, 0.15) is 11.4 Å². The van der Waals surface area contributed by atoms with Gasteiger partial charge in [0.2, 0.25) is 5.91 Å². The van der Waals surface area contributed by atoms with E-state index in [9.17, 15) is 9.59 Å². The fourth-order valence-corrected chi connectivity index (χ4v) is 3.06. The zero-order valence-corrected chi connectivity index (χ0v) is 18.1. The lowest BCUT2D eigenvalue weighted by atomic mass is 10.1. The molecular formula is C24H28N4O3. The Hall–Kier alpha value is -3.48. The number of aryl methyl sites for hydroxylation is 1. The molecular weight excluding hydrogens is 392 g/mol. The van der Waals surface area contributed by atoms with Crippen LogP contribution in [0.2, 0.25) is 0 Å². The van der Waals surface area contributed by atoms with E-state index in [0.29, 0.717) is 17.1 Å². The summed E-state index contributed by atoms with van der Waals surface area (Å²) in [5, 5.41) is 11.1. The summed E-state index contributed by atoms with van der Waals surface area (Å²) in [7, 11) is 0. The minimum Gasteiger partial charge on any atom is -0.491 e. The number of benzene rings is 2. The summed E-state index contributed by atoms with van der Waals surface area (Å²) >= 11 is 0. The molecule has 0 unspecified atom stereocenters. The van der Waals surface area contributed by atoms with Crippen LogP contribution in [0.1, 0.15) is 50.9 Å². The highest BCUT2D eigenvalue weighted by atomic mass is 16.5. The van der Waals surface area contributed by atoms with Crippen LogP contribution >= 0.6 is 0 Å². The van der Waals surface area contributed by atoms with Crippen molar-refractivity contribution in [1.29, 1.82) is 0 Å². The molecule has 0 spiro atoms. The number of hydrogen-bond acceptors (Lipinski definition) is 5. The van der Waals surface area contributed by atoms with Crippen LogP contribution in [-0.4, -0.2) is 27.2 Å². The lowest BCUT2D eigenvalue weighted by molar-refractivity contribution is -0.121. The van der Waals surface area contributed by atoms with Crippen molar-refractivity contribution in [2.45, 2.75) is 52.2 Å². The lowest BCUT2D eigenvalue weighted by Gasteiger charge is -2.14. The third-order valence-corrected chi connectivity index (χ3v) is 5.05. The first-order chi connectivity index (χ1) is 15.0. The normalized spacial score (nSPS) is 12.7. The predicted molar refractivity (Wildman–Crippen MR) is 120 cm³/mol. The number of ether oxygens (including phenoxy) is 1. The molecule has 2 N–H and O–H groups in total. The van der Waals surface area contributed by atoms with Gasteiger partial charge in [0.05, 0.1) is 12.1 Å². The molecule has 0 aliphatic heterocycles. The number of rotatable bonds is 9. The van der Waals surface area contributed by atoms with E-state index in [1.165, 1.54) is 0 Å². The number of aromatic amines is 1. The summed E-state index contributed by atoms with van der Waals surface area (Å²) in [5.41, 5.74) is 1.63. The molecule has 0 fully saturated rings. The Bertz CT molecular complexity index is 1070. The quantitative estimate of drug-likeness (QED) is 0.548. The highest BCUT2D eigenvalue weighted by Crippen LogP contribution is 2.21. The van der Waals surface area contributed by atoms with E-state index in [1.54, 1.807) is 0 Å². The Morgan fingerprint density at radius 1 is 1.10 bits per heavy atom. The van der Waals surface area contributed by atoms with Crippen LogP contribution in [0.15, 0.2) is 59.4 Å². The second-order valence-electron chi connectivity index (χ2n) is 7.51. The summed E-state index contributed by atoms with van der Waals surface area (Å²) in [4.78, 5) is 27.5. The number of nitrogens with one attached hydrogen (secondary N) is 2. The monoisotopic (exact) mass is 420 g/mol. The van der Waals surface area contributed by atoms with Gasteiger partial charge in [-0.3, -0.25) is 9.59 Å². The number of nitrogens with zero attached hydrogens (tertiary/aromatic N) is 2. The number of carbonyl (C=O) groups is 1. The van der Waals surface area contributed by atoms with Crippen LogP contribution < -0.4 is 15.6 Å². The first-order valence-corrected chi connectivity index (χ1v) is 10.5. The zero-order valence-electron chi connectivity index (χ0n) is 18.1. The molecule has 0 bridgehead atoms. The van der Waals surface area contributed by atoms with E-state index < -0.39 is 0 Å². The van der Waals surface area contributed by atoms with Crippen LogP contribution in [-0.2, 0) is 11.2 Å². The minimum atomic E-state index is -0.345. The van der Waals surface area contributed by atoms with Gasteiger partial charge in [-0.25, -0.2) is 0 Å². The van der Waals surface area contributed by atoms with E-state index in [-0.39, 0.29) is 42.1 Å². The van der Waals surface area contributed by atoms with Crippen molar-refractivity contribution in [1.82, 2.24) is 20.5 Å². The molecule has 0 aliphatic rings. The van der Waals surface area contributed by atoms with Crippen molar-refractivity contribution in [3.63, 3.8) is 0 Å². The topological polar surface area (TPSA) is 97.0 Å². The molecule has 2 aromatic carbocycles. The molecule has 7 nitrogen and oxygen atoms in total. The standard InChI is InChI=1S/C24H28N4O3/c1-4-16(2)31-20-12-8-11-19(15-20)23-26-24(30)21(27-28-23)13-14-22(29)25-17(3)18-9-6-5-7-10-18/h5-12,15-17H,4,13-14H2,1-3H3,(H,25,29)(H,26,28,30)/t16-,17-/m1/s1. The molecule has 0 saturated carbocycles. The molecule has 1 amide bonds. The molecule has 162 valence electrons. The average Bonchev–Trinajstić information content (AvgIpc) is 2.78. The summed E-state index contributed by atoms with van der Waals surface area (Å²) in [6.07, 6.45) is 1.37. The second-order valence-corrected chi connectivity index (χ2v) is 7.51. The summed E-state index contributed by atoms with van der Waals surface area (Å²) in [5.74, 6) is 0.935. The number of amides is 1. The molecule has 3 aromatic rings. The SMILES string of the molecule is CC[C@@H](C)Oc1cccc(-c2nnc(CCC(=O)N[C@H](C)c3ccccc3)c(=O)[nH]2)c1. The van der Waals surface area contributed by atoms with Gasteiger partial charge in [-0.2, -0.15) is 0 Å². The van der Waals surface area contributed by atoms with Gasteiger partial charge < -0.3 is 15.0 Å². The van der Waals surface area contributed by atoms with Crippen LogP contribution in [0.5, 0.6) is 5.75 Å². The van der Waals surface area contributed by atoms with Crippen molar-refractivity contribution < 1.29 is 9.53 Å². The Morgan fingerprint density at radius 2 is 1.87 bits per heavy atom. The Labute approximate surface area is 181 Å². The molecule has 31 heavy (non-hydrogen) atoms. The van der Waals surface area contributed by atoms with E-state index >= 15 is 0 Å². The number of H-pyrrole nitrogens is 1. The van der Waals surface area contributed by atoms with Gasteiger partial charge in [0.25, 0.3) is 5.56 Å². The summed E-state index contributed by atoms with van der Waals surface area (Å²) in [6.45, 7) is 5.98. The average molecular weight is 421 g/mol. The third-order valence-electron chi connectivity index (χ3n) is 5.05. The molecule has 2 atom stereocenters. The first-order valence-electron chi connectivity index (χ1n) is 10.5. The molecule has 7 heteroatoms. The minimum absolute atomic E-state index is 0.0958. The highest BCUT2D eigenvalue weighted by Gasteiger charge is 2.13. The lowest BCUT2D eigenvalue weighted by Crippen LogP contribution is -2.28. The van der Waals surface area contributed by atoms with Gasteiger partial charge in [0.15, 0.2) is 5.82 Å². The molecule has 3 rings (SSSR count). The van der Waals surface area contributed by atoms with E-state index in [4.69, 9.17) is 4.74 Å². The van der Waals surface area contributed by atoms with Gasteiger partial charge >= 0.3 is 0 Å². The molecule has 0 aliphatic carbocycles. The van der Waals surface area contributed by atoms with Crippen LogP contribution in [0.25, 0.3) is 11.4 Å². The first kappa shape index (κ1) is 22.2. The fourth-order valence-electron chi connectivity index (χ4n) is 3.06. The van der Waals surface area contributed by atoms with Crippen molar-refractivity contribution in [3.8, 4) is 17.1 Å². The third kappa shape index (κ3) is 6.25. The van der Waals surface area contributed by atoms with Crippen molar-refractivity contribution in [2.24, 2.45) is 0 Å². The Kier molecular flexibility index (Phi) is 7.54. The maximum atomic E-state index is 12.5. The Balaban J connectivity index is 1.61. The highest BCUT2D eigenvalue weighted by molar-refractivity contribution is 5.76. The van der Waals surface area contributed by atoms with Gasteiger partial charge in [-0.15, -0.1) is 10.2 Å². The van der Waals surface area contributed by atoms with Crippen LogP contribution in [0.4, 0.5) is 0 Å². The van der Waals surface area contributed by atoms with Gasteiger partial charge in [0, 0.05) is 18.4 Å². The summed E-state index contributed by atoms with van der Waals surface area (Å²) in [6, 6.07) is 17.0. The summed E-state index contributed by atoms with van der Waals surface area (Å²) < 4.78 is 5.82. The number of aromatic nitrogens is 3. The maximum absolute atomic E-state index is 12.5. The van der Waals surface area contributed by atoms with E-state index in [0.717, 1.165) is 12.0 Å². The largest absolute Gasteiger partial charge is 0.491 e. The molecule has 1 aromatic heterocycles. The van der Waals surface area contributed by atoms with Crippen LogP contribution in [0, 0.1) is 0 Å². The molecule has 0 saturated heterocycles. The maximum Gasteiger partial charge on any atom is 0.273 e. The van der Waals surface area contributed by atoms with Crippen LogP contribution in [0.3, 0.4) is 0 Å². The second kappa shape index (κ2) is 10.5. The smallest absolute Gasteiger partial charge is 0.273 e. The fraction of sp³-hybridized carbons (Fsp3) is 0.333. The van der Waals surface area contributed by atoms with Crippen molar-refractivity contribution in [2.75, 3.05) is 0 Å². The Morgan fingerprint density at radius 3 is 2.58 bits per heavy atom. The van der Waals surface area contributed by atoms with Crippen molar-refractivity contribution >= 4 is 5.91 Å². The van der Waals surface area contributed by atoms with E-state index in [2.05, 4.69) is 27.4 Å². The molecule has 1 heterocycles. The number of hydrogen-bond donors (Lipinski definition) is 2. The van der Waals surface area contributed by atoms with E-state index in [1.807, 2.05) is 68.4 Å². The van der Waals surface area contributed by atoms with Crippen molar-refractivity contribution in [3.05, 3.63) is 76.2 Å².